The molecule has 2 aromatic rings. The van der Waals surface area contributed by atoms with Crippen molar-refractivity contribution in [2.24, 2.45) is 15.2 Å². The van der Waals surface area contributed by atoms with Crippen LogP contribution >= 0.6 is 0 Å². The highest BCUT2D eigenvalue weighted by atomic mass is 16.7. The van der Waals surface area contributed by atoms with Crippen LogP contribution < -0.4 is 5.59 Å². The minimum atomic E-state index is 0.203. The molecule has 7 nitrogen and oxygen atoms in total. The predicted octanol–water partition coefficient (Wildman–Crippen LogP) is 3.87. The van der Waals surface area contributed by atoms with E-state index in [2.05, 4.69) is 39.9 Å². The van der Waals surface area contributed by atoms with E-state index in [0.29, 0.717) is 11.8 Å². The van der Waals surface area contributed by atoms with Crippen molar-refractivity contribution in [1.82, 2.24) is 15.5 Å². The first kappa shape index (κ1) is 18.6. The number of nitrogens with one attached hydrogen (secondary N) is 1. The summed E-state index contributed by atoms with van der Waals surface area (Å²) in [6.45, 7) is 2.12. The molecule has 2 aromatic carbocycles. The van der Waals surface area contributed by atoms with E-state index in [1.165, 1.54) is 5.56 Å². The summed E-state index contributed by atoms with van der Waals surface area (Å²) >= 11 is 0. The maximum absolute atomic E-state index is 5.48. The van der Waals surface area contributed by atoms with Crippen molar-refractivity contribution >= 4 is 11.6 Å². The minimum absolute atomic E-state index is 0.203. The molecule has 1 unspecified atom stereocenters. The first-order valence-electron chi connectivity index (χ1n) is 8.81. The number of aliphatic imine (C=N–C) groups is 1. The first-order valence-corrected chi connectivity index (χ1v) is 8.81. The molecule has 7 heteroatoms. The smallest absolute Gasteiger partial charge is 0.261 e. The Balaban J connectivity index is 1.68. The SMILES string of the molecule is CC(Cc1ccccc1)N1C=C(N=C(N=Nc2ccccc2)N(C)C)ON1. The van der Waals surface area contributed by atoms with Crippen LogP contribution in [0.2, 0.25) is 0 Å². The normalized spacial score (nSPS) is 15.6. The molecule has 27 heavy (non-hydrogen) atoms. The monoisotopic (exact) mass is 364 g/mol. The molecule has 0 saturated carbocycles. The van der Waals surface area contributed by atoms with Crippen molar-refractivity contribution in [2.75, 3.05) is 14.1 Å². The largest absolute Gasteiger partial charge is 0.367 e. The second-order valence-corrected chi connectivity index (χ2v) is 6.45. The molecule has 0 aliphatic carbocycles. The van der Waals surface area contributed by atoms with Crippen molar-refractivity contribution < 1.29 is 4.84 Å². The Morgan fingerprint density at radius 1 is 1.07 bits per heavy atom. The van der Waals surface area contributed by atoms with Gasteiger partial charge in [0.1, 0.15) is 0 Å². The van der Waals surface area contributed by atoms with Crippen LogP contribution in [-0.2, 0) is 11.3 Å². The standard InChI is InChI=1S/C20H24N6O/c1-16(14-17-10-6-4-7-11-17)26-15-19(27-24-26)21-20(25(2)3)23-22-18-12-8-5-9-13-18/h4-13,15-16,24H,14H2,1-3H3. The van der Waals surface area contributed by atoms with Gasteiger partial charge in [-0.2, -0.15) is 4.99 Å². The maximum atomic E-state index is 5.48. The molecule has 0 spiro atoms. The number of guanidine groups is 1. The lowest BCUT2D eigenvalue weighted by atomic mass is 10.1. The van der Waals surface area contributed by atoms with Crippen LogP contribution in [0.15, 0.2) is 88.0 Å². The Bertz CT molecular complexity index is 817. The van der Waals surface area contributed by atoms with Gasteiger partial charge < -0.3 is 9.74 Å². The van der Waals surface area contributed by atoms with E-state index < -0.39 is 0 Å². The Morgan fingerprint density at radius 3 is 2.41 bits per heavy atom. The predicted molar refractivity (Wildman–Crippen MR) is 106 cm³/mol. The van der Waals surface area contributed by atoms with Crippen LogP contribution in [0.4, 0.5) is 5.69 Å². The topological polar surface area (TPSA) is 64.8 Å². The second kappa shape index (κ2) is 8.95. The number of hydrazine groups is 1. The van der Waals surface area contributed by atoms with E-state index >= 15 is 0 Å². The van der Waals surface area contributed by atoms with E-state index in [-0.39, 0.29) is 6.04 Å². The zero-order chi connectivity index (χ0) is 19.1. The summed E-state index contributed by atoms with van der Waals surface area (Å²) in [5, 5.41) is 10.3. The zero-order valence-electron chi connectivity index (χ0n) is 15.8. The van der Waals surface area contributed by atoms with Gasteiger partial charge in [0, 0.05) is 20.1 Å². The van der Waals surface area contributed by atoms with E-state index in [1.54, 1.807) is 4.90 Å². The van der Waals surface area contributed by atoms with E-state index in [0.717, 1.165) is 12.1 Å². The van der Waals surface area contributed by atoms with Crippen molar-refractivity contribution in [1.29, 1.82) is 0 Å². The number of nitrogens with zero attached hydrogens (tertiary/aromatic N) is 5. The average molecular weight is 364 g/mol. The van der Waals surface area contributed by atoms with Gasteiger partial charge in [-0.15, -0.1) is 10.2 Å². The van der Waals surface area contributed by atoms with Crippen LogP contribution in [0.25, 0.3) is 0 Å². The van der Waals surface area contributed by atoms with Gasteiger partial charge in [0.15, 0.2) is 0 Å². The number of benzene rings is 2. The third-order valence-electron chi connectivity index (χ3n) is 3.98. The fraction of sp³-hybridized carbons (Fsp3) is 0.250. The lowest BCUT2D eigenvalue weighted by Gasteiger charge is -2.21. The molecule has 0 amide bonds. The van der Waals surface area contributed by atoms with Crippen LogP contribution in [0, 0.1) is 0 Å². The lowest BCUT2D eigenvalue weighted by Crippen LogP contribution is -2.37. The summed E-state index contributed by atoms with van der Waals surface area (Å²) < 4.78 is 0. The highest BCUT2D eigenvalue weighted by Crippen LogP contribution is 2.16. The van der Waals surface area contributed by atoms with Crippen LogP contribution in [0.1, 0.15) is 12.5 Å². The molecule has 0 aromatic heterocycles. The third kappa shape index (κ3) is 5.39. The molecule has 0 saturated heterocycles. The molecular weight excluding hydrogens is 340 g/mol. The Kier molecular flexibility index (Phi) is 6.17. The minimum Gasteiger partial charge on any atom is -0.367 e. The van der Waals surface area contributed by atoms with Gasteiger partial charge in [0.2, 0.25) is 5.96 Å². The van der Waals surface area contributed by atoms with Gasteiger partial charge in [0.25, 0.3) is 5.88 Å². The molecule has 1 heterocycles. The molecule has 140 valence electrons. The summed E-state index contributed by atoms with van der Waals surface area (Å²) in [5.41, 5.74) is 4.92. The number of azo groups is 1. The summed E-state index contributed by atoms with van der Waals surface area (Å²) in [4.78, 5) is 11.7. The molecule has 1 N–H and O–H groups in total. The third-order valence-corrected chi connectivity index (χ3v) is 3.98. The molecule has 0 radical (unpaired) electrons. The summed E-state index contributed by atoms with van der Waals surface area (Å²) in [6.07, 6.45) is 2.72. The Morgan fingerprint density at radius 2 is 1.74 bits per heavy atom. The van der Waals surface area contributed by atoms with Crippen LogP contribution in [0.3, 0.4) is 0 Å². The van der Waals surface area contributed by atoms with Crippen molar-refractivity contribution in [3.8, 4) is 0 Å². The van der Waals surface area contributed by atoms with Gasteiger partial charge in [-0.25, -0.2) is 0 Å². The fourth-order valence-electron chi connectivity index (χ4n) is 2.50. The van der Waals surface area contributed by atoms with E-state index in [4.69, 9.17) is 4.84 Å². The average Bonchev–Trinajstić information content (AvgIpc) is 3.15. The van der Waals surface area contributed by atoms with Crippen LogP contribution in [0.5, 0.6) is 0 Å². The Labute approximate surface area is 159 Å². The quantitative estimate of drug-likeness (QED) is 0.497. The maximum Gasteiger partial charge on any atom is 0.261 e. The lowest BCUT2D eigenvalue weighted by molar-refractivity contribution is 0.00201. The van der Waals surface area contributed by atoms with E-state index in [9.17, 15) is 0 Å². The highest BCUT2D eigenvalue weighted by Gasteiger charge is 2.20. The van der Waals surface area contributed by atoms with Crippen LogP contribution in [-0.4, -0.2) is 36.0 Å². The van der Waals surface area contributed by atoms with E-state index in [1.807, 2.05) is 73.8 Å². The van der Waals surface area contributed by atoms with Gasteiger partial charge in [0.05, 0.1) is 11.9 Å². The molecule has 1 aliphatic rings. The van der Waals surface area contributed by atoms with Gasteiger partial charge >= 0.3 is 0 Å². The number of rotatable bonds is 5. The second-order valence-electron chi connectivity index (χ2n) is 6.45. The first-order chi connectivity index (χ1) is 13.1. The highest BCUT2D eigenvalue weighted by molar-refractivity contribution is 5.80. The van der Waals surface area contributed by atoms with Crippen molar-refractivity contribution in [2.45, 2.75) is 19.4 Å². The Hall–Kier alpha value is -3.19. The number of hydrogen-bond donors (Lipinski definition) is 1. The molecule has 1 atom stereocenters. The molecule has 1 aliphatic heterocycles. The summed E-state index contributed by atoms with van der Waals surface area (Å²) in [5.74, 6) is 0.884. The summed E-state index contributed by atoms with van der Waals surface area (Å²) in [7, 11) is 3.73. The van der Waals surface area contributed by atoms with Gasteiger partial charge in [-0.1, -0.05) is 54.1 Å². The van der Waals surface area contributed by atoms with Gasteiger partial charge in [-0.05, 0) is 31.0 Å². The fourth-order valence-corrected chi connectivity index (χ4v) is 2.50. The number of hydrogen-bond acceptors (Lipinski definition) is 5. The summed E-state index contributed by atoms with van der Waals surface area (Å²) in [6, 6.07) is 20.1. The van der Waals surface area contributed by atoms with Crippen molar-refractivity contribution in [3.05, 3.63) is 78.3 Å². The zero-order valence-corrected chi connectivity index (χ0v) is 15.8. The molecule has 0 fully saturated rings. The van der Waals surface area contributed by atoms with Crippen molar-refractivity contribution in [3.63, 3.8) is 0 Å². The molecule has 3 rings (SSSR count). The molecule has 0 bridgehead atoms. The molecular formula is C20H24N6O. The van der Waals surface area contributed by atoms with Gasteiger partial charge in [-0.3, -0.25) is 5.01 Å².